The molecule has 0 aromatic carbocycles. The van der Waals surface area contributed by atoms with Crippen molar-refractivity contribution in [3.05, 3.63) is 28.9 Å². The van der Waals surface area contributed by atoms with Gasteiger partial charge in [-0.3, -0.25) is 4.98 Å². The summed E-state index contributed by atoms with van der Waals surface area (Å²) >= 11 is 1.18. The van der Waals surface area contributed by atoms with Gasteiger partial charge >= 0.3 is 11.9 Å². The molecule has 2 aromatic rings. The fraction of sp³-hybridized carbons (Fsp3) is 0.182. The lowest BCUT2D eigenvalue weighted by atomic mass is 10.2. The Morgan fingerprint density at radius 3 is 2.88 bits per heavy atom. The van der Waals surface area contributed by atoms with Crippen LogP contribution in [0.4, 0.5) is 0 Å². The Morgan fingerprint density at radius 1 is 1.47 bits per heavy atom. The molecule has 0 spiro atoms. The highest BCUT2D eigenvalue weighted by molar-refractivity contribution is 7.20. The van der Waals surface area contributed by atoms with Gasteiger partial charge in [-0.2, -0.15) is 0 Å². The molecule has 0 unspecified atom stereocenters. The van der Waals surface area contributed by atoms with Crippen LogP contribution in [0.1, 0.15) is 27.0 Å². The van der Waals surface area contributed by atoms with Gasteiger partial charge in [-0.15, -0.1) is 11.3 Å². The summed E-state index contributed by atoms with van der Waals surface area (Å²) in [6.07, 6.45) is 2.81. The van der Waals surface area contributed by atoms with E-state index in [-0.39, 0.29) is 12.2 Å². The van der Waals surface area contributed by atoms with Gasteiger partial charge in [-0.05, 0) is 13.0 Å². The van der Waals surface area contributed by atoms with E-state index in [0.717, 1.165) is 0 Å². The SMILES string of the molecule is CCOC(=O)c1cc2c(C(=O)O)cncc2s1. The monoisotopic (exact) mass is 251 g/mol. The molecule has 2 heterocycles. The van der Waals surface area contributed by atoms with Crippen molar-refractivity contribution in [1.82, 2.24) is 4.98 Å². The first-order chi connectivity index (χ1) is 8.13. The summed E-state index contributed by atoms with van der Waals surface area (Å²) in [6.45, 7) is 2.01. The Bertz CT molecular complexity index is 590. The van der Waals surface area contributed by atoms with Crippen LogP contribution >= 0.6 is 11.3 Å². The minimum Gasteiger partial charge on any atom is -0.478 e. The fourth-order valence-electron chi connectivity index (χ4n) is 1.43. The van der Waals surface area contributed by atoms with Crippen molar-refractivity contribution in [2.45, 2.75) is 6.92 Å². The van der Waals surface area contributed by atoms with Gasteiger partial charge in [0.05, 0.1) is 16.9 Å². The van der Waals surface area contributed by atoms with E-state index in [1.807, 2.05) is 0 Å². The van der Waals surface area contributed by atoms with Gasteiger partial charge in [-0.1, -0.05) is 0 Å². The van der Waals surface area contributed by atoms with E-state index in [4.69, 9.17) is 9.84 Å². The summed E-state index contributed by atoms with van der Waals surface area (Å²) in [5.41, 5.74) is 0.0919. The predicted octanol–water partition coefficient (Wildman–Crippen LogP) is 2.17. The van der Waals surface area contributed by atoms with Crippen molar-refractivity contribution in [1.29, 1.82) is 0 Å². The number of aromatic carboxylic acids is 1. The number of nitrogens with zero attached hydrogens (tertiary/aromatic N) is 1. The van der Waals surface area contributed by atoms with Crippen LogP contribution in [0.3, 0.4) is 0 Å². The summed E-state index contributed by atoms with van der Waals surface area (Å²) < 4.78 is 5.52. The van der Waals surface area contributed by atoms with Crippen LogP contribution in [-0.2, 0) is 4.74 Å². The van der Waals surface area contributed by atoms with Gasteiger partial charge in [0.25, 0.3) is 0 Å². The first-order valence-corrected chi connectivity index (χ1v) is 5.73. The highest BCUT2D eigenvalue weighted by Gasteiger charge is 2.16. The number of ether oxygens (including phenoxy) is 1. The molecule has 6 heteroatoms. The molecule has 0 aliphatic carbocycles. The third-order valence-corrected chi connectivity index (χ3v) is 3.20. The summed E-state index contributed by atoms with van der Waals surface area (Å²) in [4.78, 5) is 26.7. The van der Waals surface area contributed by atoms with Crippen LogP contribution in [0.2, 0.25) is 0 Å². The molecule has 0 atom stereocenters. The van der Waals surface area contributed by atoms with E-state index in [1.165, 1.54) is 29.8 Å². The lowest BCUT2D eigenvalue weighted by Crippen LogP contribution is -2.01. The number of hydrogen-bond donors (Lipinski definition) is 1. The Kier molecular flexibility index (Phi) is 3.06. The summed E-state index contributed by atoms with van der Waals surface area (Å²) in [5, 5.41) is 9.50. The number of hydrogen-bond acceptors (Lipinski definition) is 5. The second kappa shape index (κ2) is 4.50. The van der Waals surface area contributed by atoms with E-state index in [1.54, 1.807) is 6.92 Å². The van der Waals surface area contributed by atoms with Gasteiger partial charge in [0.15, 0.2) is 0 Å². The first-order valence-electron chi connectivity index (χ1n) is 4.91. The minimum absolute atomic E-state index is 0.0919. The quantitative estimate of drug-likeness (QED) is 0.846. The van der Waals surface area contributed by atoms with E-state index < -0.39 is 11.9 Å². The summed E-state index contributed by atoms with van der Waals surface area (Å²) in [7, 11) is 0. The molecule has 0 aliphatic heterocycles. The lowest BCUT2D eigenvalue weighted by molar-refractivity contribution is 0.0531. The fourth-order valence-corrected chi connectivity index (χ4v) is 2.38. The van der Waals surface area contributed by atoms with Crippen LogP contribution in [0.25, 0.3) is 10.1 Å². The maximum absolute atomic E-state index is 11.5. The molecular weight excluding hydrogens is 242 g/mol. The van der Waals surface area contributed by atoms with Crippen molar-refractivity contribution in [2.24, 2.45) is 0 Å². The standard InChI is InChI=1S/C11H9NO4S/c1-2-16-11(15)8-3-6-7(10(13)14)4-12-5-9(6)17-8/h3-5H,2H2,1H3,(H,13,14). The largest absolute Gasteiger partial charge is 0.478 e. The minimum atomic E-state index is -1.06. The number of thiophene rings is 1. The maximum atomic E-state index is 11.5. The number of fused-ring (bicyclic) bond motifs is 1. The molecule has 2 rings (SSSR count). The summed E-state index contributed by atoms with van der Waals surface area (Å²) in [6, 6.07) is 1.53. The smallest absolute Gasteiger partial charge is 0.348 e. The zero-order valence-electron chi connectivity index (χ0n) is 8.97. The van der Waals surface area contributed by atoms with Gasteiger partial charge < -0.3 is 9.84 Å². The molecule has 0 aliphatic rings. The van der Waals surface area contributed by atoms with Gasteiger partial charge in [-0.25, -0.2) is 9.59 Å². The van der Waals surface area contributed by atoms with E-state index in [2.05, 4.69) is 4.98 Å². The zero-order chi connectivity index (χ0) is 12.4. The van der Waals surface area contributed by atoms with E-state index in [9.17, 15) is 9.59 Å². The van der Waals surface area contributed by atoms with Crippen LogP contribution in [0.5, 0.6) is 0 Å². The molecule has 2 aromatic heterocycles. The van der Waals surface area contributed by atoms with Crippen molar-refractivity contribution >= 4 is 33.4 Å². The zero-order valence-corrected chi connectivity index (χ0v) is 9.78. The molecule has 0 saturated heterocycles. The van der Waals surface area contributed by atoms with Crippen LogP contribution in [0, 0.1) is 0 Å². The Labute approximate surface area is 101 Å². The third-order valence-electron chi connectivity index (χ3n) is 2.15. The molecule has 1 N–H and O–H groups in total. The second-order valence-electron chi connectivity index (χ2n) is 3.24. The van der Waals surface area contributed by atoms with Gasteiger partial charge in [0.2, 0.25) is 0 Å². The average Bonchev–Trinajstić information content (AvgIpc) is 2.72. The molecule has 0 amide bonds. The number of carbonyl (C=O) groups is 2. The molecule has 17 heavy (non-hydrogen) atoms. The van der Waals surface area contributed by atoms with Gasteiger partial charge in [0.1, 0.15) is 4.88 Å². The summed E-state index contributed by atoms with van der Waals surface area (Å²) in [5.74, 6) is -1.50. The highest BCUT2D eigenvalue weighted by atomic mass is 32.1. The molecule has 0 bridgehead atoms. The topological polar surface area (TPSA) is 76.5 Å². The number of carboxylic acid groups (broad SMARTS) is 1. The Balaban J connectivity index is 2.54. The van der Waals surface area contributed by atoms with Gasteiger partial charge in [0, 0.05) is 17.8 Å². The van der Waals surface area contributed by atoms with E-state index in [0.29, 0.717) is 15.0 Å². The number of esters is 1. The molecule has 0 fully saturated rings. The number of rotatable bonds is 3. The number of pyridine rings is 1. The predicted molar refractivity (Wildman–Crippen MR) is 62.5 cm³/mol. The van der Waals surface area contributed by atoms with Crippen molar-refractivity contribution in [3.63, 3.8) is 0 Å². The van der Waals surface area contributed by atoms with Crippen molar-refractivity contribution in [3.8, 4) is 0 Å². The highest BCUT2D eigenvalue weighted by Crippen LogP contribution is 2.28. The maximum Gasteiger partial charge on any atom is 0.348 e. The average molecular weight is 251 g/mol. The first kappa shape index (κ1) is 11.5. The van der Waals surface area contributed by atoms with Crippen LogP contribution < -0.4 is 0 Å². The number of carboxylic acids is 1. The number of carbonyl (C=O) groups excluding carboxylic acids is 1. The Hall–Kier alpha value is -1.95. The molecule has 0 radical (unpaired) electrons. The third kappa shape index (κ3) is 2.12. The lowest BCUT2D eigenvalue weighted by Gasteiger charge is -1.96. The van der Waals surface area contributed by atoms with Crippen molar-refractivity contribution < 1.29 is 19.4 Å². The molecule has 0 saturated carbocycles. The molecular formula is C11H9NO4S. The Morgan fingerprint density at radius 2 is 2.24 bits per heavy atom. The van der Waals surface area contributed by atoms with Crippen molar-refractivity contribution in [2.75, 3.05) is 6.61 Å². The molecule has 5 nitrogen and oxygen atoms in total. The van der Waals surface area contributed by atoms with E-state index >= 15 is 0 Å². The molecule has 88 valence electrons. The normalized spacial score (nSPS) is 10.4. The second-order valence-corrected chi connectivity index (χ2v) is 4.32. The van der Waals surface area contributed by atoms with Crippen LogP contribution in [0.15, 0.2) is 18.5 Å². The van der Waals surface area contributed by atoms with Crippen LogP contribution in [-0.4, -0.2) is 28.6 Å². The number of aromatic nitrogens is 1.